The first-order valence-electron chi connectivity index (χ1n) is 14.3. The van der Waals surface area contributed by atoms with E-state index in [1.54, 1.807) is 24.3 Å². The molecule has 42 heavy (non-hydrogen) atoms. The van der Waals surface area contributed by atoms with Crippen molar-refractivity contribution in [2.24, 2.45) is 0 Å². The average molecular weight is 560 g/mol. The van der Waals surface area contributed by atoms with Crippen LogP contribution in [0.1, 0.15) is 37.8 Å². The van der Waals surface area contributed by atoms with Crippen LogP contribution in [0.25, 0.3) is 33.4 Å². The summed E-state index contributed by atoms with van der Waals surface area (Å²) >= 11 is 0. The van der Waals surface area contributed by atoms with Crippen LogP contribution in [0.3, 0.4) is 0 Å². The maximum absolute atomic E-state index is 11.6. The van der Waals surface area contributed by atoms with Crippen LogP contribution in [-0.4, -0.2) is 23.2 Å². The van der Waals surface area contributed by atoms with Gasteiger partial charge in [-0.05, 0) is 88.9 Å². The second-order valence-electron chi connectivity index (χ2n) is 10.1. The lowest BCUT2D eigenvalue weighted by molar-refractivity contribution is -0.384. The minimum absolute atomic E-state index is 0.0722. The molecule has 1 N–H and O–H groups in total. The minimum Gasteiger partial charge on any atom is -0.508 e. The quantitative estimate of drug-likeness (QED) is 0.144. The average Bonchev–Trinajstić information content (AvgIpc) is 3.03. The Morgan fingerprint density at radius 1 is 0.690 bits per heavy atom. The van der Waals surface area contributed by atoms with Gasteiger partial charge in [-0.2, -0.15) is 0 Å². The SMILES string of the molecule is CC(Cc1ccc(O)cc1)c1ccc(-c2ccc([N+](=O)[O-])cc2-c2ccccc2)c(-c2ccccc2)c1.CCOCC. The van der Waals surface area contributed by atoms with E-state index in [2.05, 4.69) is 37.3 Å². The fraction of sp³-hybridized carbons (Fsp3) is 0.189. The summed E-state index contributed by atoms with van der Waals surface area (Å²) in [6, 6.07) is 39.1. The predicted molar refractivity (Wildman–Crippen MR) is 172 cm³/mol. The molecular formula is C37H37NO4. The van der Waals surface area contributed by atoms with E-state index in [0.717, 1.165) is 58.6 Å². The Morgan fingerprint density at radius 3 is 1.71 bits per heavy atom. The molecule has 0 heterocycles. The lowest BCUT2D eigenvalue weighted by Gasteiger charge is -2.19. The van der Waals surface area contributed by atoms with Crippen LogP contribution in [0.5, 0.6) is 5.75 Å². The summed E-state index contributed by atoms with van der Waals surface area (Å²) in [5, 5.41) is 21.2. The van der Waals surface area contributed by atoms with Crippen molar-refractivity contribution >= 4 is 5.69 Å². The number of nitro benzene ring substituents is 1. The van der Waals surface area contributed by atoms with Crippen LogP contribution in [0, 0.1) is 10.1 Å². The topological polar surface area (TPSA) is 72.6 Å². The molecule has 0 fully saturated rings. The van der Waals surface area contributed by atoms with E-state index in [1.807, 2.05) is 80.6 Å². The van der Waals surface area contributed by atoms with Crippen molar-refractivity contribution in [2.45, 2.75) is 33.1 Å². The molecule has 0 amide bonds. The highest BCUT2D eigenvalue weighted by Crippen LogP contribution is 2.41. The molecule has 0 aliphatic rings. The molecule has 0 bridgehead atoms. The largest absolute Gasteiger partial charge is 0.508 e. The standard InChI is InChI=1S/C33H27NO3.C4H10O/c1-23(20-24-12-16-29(35)17-13-24)27-14-18-30(32(21-27)25-8-4-2-5-9-25)31-19-15-28(34(36)37)22-33(31)26-10-6-3-7-11-26;1-3-5-4-2/h2-19,21-23,35H,20H2,1H3;3-4H2,1-2H3. The molecule has 1 atom stereocenters. The highest BCUT2D eigenvalue weighted by atomic mass is 16.6. The molecule has 0 aliphatic heterocycles. The van der Waals surface area contributed by atoms with Crippen molar-refractivity contribution in [1.29, 1.82) is 0 Å². The Kier molecular flexibility index (Phi) is 10.6. The Morgan fingerprint density at radius 2 is 1.21 bits per heavy atom. The monoisotopic (exact) mass is 559 g/mol. The van der Waals surface area contributed by atoms with E-state index < -0.39 is 0 Å². The van der Waals surface area contributed by atoms with Gasteiger partial charge in [0.25, 0.3) is 5.69 Å². The summed E-state index contributed by atoms with van der Waals surface area (Å²) in [4.78, 5) is 11.3. The second kappa shape index (κ2) is 14.8. The summed E-state index contributed by atoms with van der Waals surface area (Å²) in [6.07, 6.45) is 0.848. The van der Waals surface area contributed by atoms with E-state index in [-0.39, 0.29) is 22.3 Å². The van der Waals surface area contributed by atoms with Gasteiger partial charge in [-0.3, -0.25) is 10.1 Å². The zero-order chi connectivity index (χ0) is 29.9. The summed E-state index contributed by atoms with van der Waals surface area (Å²) in [6.45, 7) is 7.87. The first kappa shape index (κ1) is 30.2. The van der Waals surface area contributed by atoms with Gasteiger partial charge in [-0.15, -0.1) is 0 Å². The Labute approximate surface area is 248 Å². The van der Waals surface area contributed by atoms with E-state index in [9.17, 15) is 15.2 Å². The minimum atomic E-state index is -0.345. The number of phenolic OH excluding ortho intramolecular Hbond substituents is 1. The van der Waals surface area contributed by atoms with Crippen molar-refractivity contribution in [3.63, 3.8) is 0 Å². The molecule has 5 aromatic carbocycles. The van der Waals surface area contributed by atoms with Gasteiger partial charge in [0.1, 0.15) is 5.75 Å². The van der Waals surface area contributed by atoms with E-state index >= 15 is 0 Å². The smallest absolute Gasteiger partial charge is 0.270 e. The molecule has 0 aromatic heterocycles. The summed E-state index contributed by atoms with van der Waals surface area (Å²) < 4.78 is 4.83. The van der Waals surface area contributed by atoms with Crippen LogP contribution in [0.4, 0.5) is 5.69 Å². The van der Waals surface area contributed by atoms with Gasteiger partial charge in [0.15, 0.2) is 0 Å². The molecule has 0 radical (unpaired) electrons. The van der Waals surface area contributed by atoms with E-state index in [4.69, 9.17) is 4.74 Å². The highest BCUT2D eigenvalue weighted by Gasteiger charge is 2.18. The third kappa shape index (κ3) is 7.71. The number of aromatic hydroxyl groups is 1. The van der Waals surface area contributed by atoms with Crippen LogP contribution in [0.15, 0.2) is 121 Å². The fourth-order valence-corrected chi connectivity index (χ4v) is 5.00. The van der Waals surface area contributed by atoms with Crippen molar-refractivity contribution in [2.75, 3.05) is 13.2 Å². The molecule has 5 rings (SSSR count). The molecule has 0 saturated heterocycles. The van der Waals surface area contributed by atoms with Crippen LogP contribution < -0.4 is 0 Å². The van der Waals surface area contributed by atoms with Crippen LogP contribution >= 0.6 is 0 Å². The number of nitro groups is 1. The van der Waals surface area contributed by atoms with Crippen molar-refractivity contribution in [3.8, 4) is 39.1 Å². The van der Waals surface area contributed by atoms with Gasteiger partial charge in [0.2, 0.25) is 0 Å². The number of nitrogens with zero attached hydrogens (tertiary/aromatic N) is 1. The van der Waals surface area contributed by atoms with Crippen molar-refractivity contribution < 1.29 is 14.8 Å². The van der Waals surface area contributed by atoms with Crippen molar-refractivity contribution in [1.82, 2.24) is 0 Å². The zero-order valence-electron chi connectivity index (χ0n) is 24.4. The van der Waals surface area contributed by atoms with E-state index in [0.29, 0.717) is 0 Å². The third-order valence-electron chi connectivity index (χ3n) is 7.17. The lowest BCUT2D eigenvalue weighted by Crippen LogP contribution is -2.00. The molecule has 5 nitrogen and oxygen atoms in total. The fourth-order valence-electron chi connectivity index (χ4n) is 5.00. The normalized spacial score (nSPS) is 11.3. The van der Waals surface area contributed by atoms with Gasteiger partial charge in [-0.1, -0.05) is 97.9 Å². The lowest BCUT2D eigenvalue weighted by atomic mass is 9.85. The molecule has 5 heteroatoms. The van der Waals surface area contributed by atoms with Crippen LogP contribution in [-0.2, 0) is 11.2 Å². The van der Waals surface area contributed by atoms with Gasteiger partial charge in [-0.25, -0.2) is 0 Å². The number of rotatable bonds is 9. The number of non-ortho nitro benzene ring substituents is 1. The first-order chi connectivity index (χ1) is 20.4. The number of phenols is 1. The Hall–Kier alpha value is -4.74. The summed E-state index contributed by atoms with van der Waals surface area (Å²) in [5.41, 5.74) is 8.37. The molecule has 0 spiro atoms. The first-order valence-corrected chi connectivity index (χ1v) is 14.3. The van der Waals surface area contributed by atoms with Gasteiger partial charge in [0.05, 0.1) is 4.92 Å². The van der Waals surface area contributed by atoms with Gasteiger partial charge in [0, 0.05) is 25.3 Å². The number of ether oxygens (including phenoxy) is 1. The number of hydrogen-bond acceptors (Lipinski definition) is 4. The summed E-state index contributed by atoms with van der Waals surface area (Å²) in [7, 11) is 0. The Bertz CT molecular complexity index is 1580. The zero-order valence-corrected chi connectivity index (χ0v) is 24.4. The highest BCUT2D eigenvalue weighted by molar-refractivity contribution is 5.92. The predicted octanol–water partition coefficient (Wildman–Crippen LogP) is 9.69. The number of hydrogen-bond donors (Lipinski definition) is 1. The van der Waals surface area contributed by atoms with Crippen LogP contribution in [0.2, 0.25) is 0 Å². The number of benzene rings is 5. The van der Waals surface area contributed by atoms with E-state index in [1.165, 1.54) is 5.56 Å². The molecule has 5 aromatic rings. The van der Waals surface area contributed by atoms with Gasteiger partial charge < -0.3 is 9.84 Å². The molecular weight excluding hydrogens is 522 g/mol. The summed E-state index contributed by atoms with van der Waals surface area (Å²) in [5.74, 6) is 0.524. The Balaban J connectivity index is 0.000000748. The molecule has 0 saturated carbocycles. The van der Waals surface area contributed by atoms with Crippen molar-refractivity contribution in [3.05, 3.63) is 143 Å². The second-order valence-corrected chi connectivity index (χ2v) is 10.1. The maximum atomic E-state index is 11.6. The molecule has 0 aliphatic carbocycles. The molecule has 214 valence electrons. The maximum Gasteiger partial charge on any atom is 0.270 e. The van der Waals surface area contributed by atoms with Gasteiger partial charge >= 0.3 is 0 Å². The molecule has 1 unspecified atom stereocenters. The third-order valence-corrected chi connectivity index (χ3v) is 7.17.